The molecule has 0 bridgehead atoms. The lowest BCUT2D eigenvalue weighted by Crippen LogP contribution is -2.27. The van der Waals surface area contributed by atoms with Gasteiger partial charge in [-0.1, -0.05) is 35.9 Å². The van der Waals surface area contributed by atoms with Crippen LogP contribution in [0.3, 0.4) is 0 Å². The second kappa shape index (κ2) is 9.19. The molecule has 6 nitrogen and oxygen atoms in total. The third-order valence-electron chi connectivity index (χ3n) is 4.59. The van der Waals surface area contributed by atoms with Crippen molar-refractivity contribution in [1.29, 1.82) is 0 Å². The smallest absolute Gasteiger partial charge is 0.264 e. The fraction of sp³-hybridized carbons (Fsp3) is 0.136. The summed E-state index contributed by atoms with van der Waals surface area (Å²) in [6.45, 7) is 0.237. The molecule has 30 heavy (non-hydrogen) atoms. The number of nitrogens with one attached hydrogen (secondary N) is 1. The van der Waals surface area contributed by atoms with Crippen LogP contribution in [0.5, 0.6) is 5.75 Å². The van der Waals surface area contributed by atoms with E-state index in [4.69, 9.17) is 16.3 Å². The number of amides is 1. The molecule has 0 radical (unpaired) electrons. The van der Waals surface area contributed by atoms with E-state index in [0.29, 0.717) is 16.5 Å². The second-order valence-electron chi connectivity index (χ2n) is 6.47. The normalized spacial score (nSPS) is 11.0. The van der Waals surface area contributed by atoms with Crippen LogP contribution in [0.25, 0.3) is 0 Å². The van der Waals surface area contributed by atoms with E-state index in [-0.39, 0.29) is 22.9 Å². The summed E-state index contributed by atoms with van der Waals surface area (Å²) in [5.74, 6) is 0.237. The van der Waals surface area contributed by atoms with Crippen molar-refractivity contribution in [2.45, 2.75) is 11.4 Å². The summed E-state index contributed by atoms with van der Waals surface area (Å²) >= 11 is 6.11. The number of carbonyl (C=O) groups excluding carboxylic acids is 1. The van der Waals surface area contributed by atoms with E-state index in [9.17, 15) is 13.2 Å². The molecule has 8 heteroatoms. The number of hydrogen-bond donors (Lipinski definition) is 1. The summed E-state index contributed by atoms with van der Waals surface area (Å²) in [5.41, 5.74) is 1.49. The van der Waals surface area contributed by atoms with Crippen molar-refractivity contribution in [1.82, 2.24) is 5.32 Å². The number of rotatable bonds is 7. The molecule has 0 spiro atoms. The number of benzene rings is 3. The molecule has 0 saturated heterocycles. The van der Waals surface area contributed by atoms with Crippen LogP contribution in [0.2, 0.25) is 5.02 Å². The lowest BCUT2D eigenvalue weighted by atomic mass is 10.2. The molecule has 3 rings (SSSR count). The van der Waals surface area contributed by atoms with Crippen molar-refractivity contribution >= 4 is 33.2 Å². The van der Waals surface area contributed by atoms with Crippen LogP contribution in [0.4, 0.5) is 5.69 Å². The van der Waals surface area contributed by atoms with E-state index in [1.165, 1.54) is 26.3 Å². The maximum Gasteiger partial charge on any atom is 0.264 e. The molecule has 3 aromatic carbocycles. The predicted octanol–water partition coefficient (Wildman–Crippen LogP) is 4.10. The molecule has 156 valence electrons. The highest BCUT2D eigenvalue weighted by Gasteiger charge is 2.22. The molecule has 1 N–H and O–H groups in total. The number of nitrogens with zero attached hydrogens (tertiary/aromatic N) is 1. The predicted molar refractivity (Wildman–Crippen MR) is 118 cm³/mol. The van der Waals surface area contributed by atoms with Crippen LogP contribution >= 0.6 is 11.6 Å². The zero-order chi connectivity index (χ0) is 21.7. The SMILES string of the molecule is COc1ccc(N(C)S(=O)(=O)c2cccc(C(=O)NCc3ccccc3Cl)c2)cc1. The van der Waals surface area contributed by atoms with Crippen molar-refractivity contribution < 1.29 is 17.9 Å². The standard InChI is InChI=1S/C22H21ClN2O4S/c1-25(18-10-12-19(29-2)13-11-18)30(27,28)20-8-5-7-16(14-20)22(26)24-15-17-6-3-4-9-21(17)23/h3-14H,15H2,1-2H3,(H,24,26). The Kier molecular flexibility index (Phi) is 6.64. The molecule has 0 saturated carbocycles. The van der Waals surface area contributed by atoms with Crippen molar-refractivity contribution in [2.75, 3.05) is 18.5 Å². The molecule has 0 fully saturated rings. The first-order valence-corrected chi connectivity index (χ1v) is 10.9. The first kappa shape index (κ1) is 21.7. The van der Waals surface area contributed by atoms with Gasteiger partial charge in [-0.2, -0.15) is 0 Å². The summed E-state index contributed by atoms with van der Waals surface area (Å²) in [6.07, 6.45) is 0. The second-order valence-corrected chi connectivity index (χ2v) is 8.85. The first-order chi connectivity index (χ1) is 14.3. The summed E-state index contributed by atoms with van der Waals surface area (Å²) in [7, 11) is -0.851. The molecule has 1 amide bonds. The summed E-state index contributed by atoms with van der Waals surface area (Å²) in [6, 6.07) is 19.8. The zero-order valence-corrected chi connectivity index (χ0v) is 18.1. The Morgan fingerprint density at radius 3 is 2.40 bits per heavy atom. The largest absolute Gasteiger partial charge is 0.497 e. The minimum atomic E-state index is -3.85. The molecule has 0 atom stereocenters. The van der Waals surface area contributed by atoms with Crippen molar-refractivity contribution in [3.8, 4) is 5.75 Å². The van der Waals surface area contributed by atoms with Crippen LogP contribution < -0.4 is 14.4 Å². The molecule has 0 unspecified atom stereocenters. The van der Waals surface area contributed by atoms with E-state index in [1.54, 1.807) is 48.5 Å². The minimum absolute atomic E-state index is 0.0196. The maximum atomic E-state index is 13.0. The van der Waals surface area contributed by atoms with Crippen LogP contribution in [-0.4, -0.2) is 28.5 Å². The molecular weight excluding hydrogens is 424 g/mol. The third kappa shape index (κ3) is 4.75. The number of methoxy groups -OCH3 is 1. The average Bonchev–Trinajstić information content (AvgIpc) is 2.78. The van der Waals surface area contributed by atoms with Crippen LogP contribution in [-0.2, 0) is 16.6 Å². The van der Waals surface area contributed by atoms with Crippen molar-refractivity contribution in [3.05, 3.63) is 88.9 Å². The zero-order valence-electron chi connectivity index (χ0n) is 16.5. The highest BCUT2D eigenvalue weighted by molar-refractivity contribution is 7.92. The van der Waals surface area contributed by atoms with E-state index < -0.39 is 10.0 Å². The van der Waals surface area contributed by atoms with Crippen molar-refractivity contribution in [2.24, 2.45) is 0 Å². The van der Waals surface area contributed by atoms with Gasteiger partial charge in [0.15, 0.2) is 0 Å². The van der Waals surface area contributed by atoms with E-state index in [1.807, 2.05) is 12.1 Å². The summed E-state index contributed by atoms with van der Waals surface area (Å²) < 4.78 is 32.3. The van der Waals surface area contributed by atoms with Crippen LogP contribution in [0.15, 0.2) is 77.7 Å². The van der Waals surface area contributed by atoms with Gasteiger partial charge in [0.05, 0.1) is 17.7 Å². The molecule has 0 aliphatic carbocycles. The van der Waals surface area contributed by atoms with Crippen LogP contribution in [0.1, 0.15) is 15.9 Å². The van der Waals surface area contributed by atoms with Gasteiger partial charge in [-0.25, -0.2) is 8.42 Å². The summed E-state index contributed by atoms with van der Waals surface area (Å²) in [4.78, 5) is 12.6. The van der Waals surface area contributed by atoms with Gasteiger partial charge in [-0.15, -0.1) is 0 Å². The Bertz CT molecular complexity index is 1150. The van der Waals surface area contributed by atoms with E-state index >= 15 is 0 Å². The molecule has 0 aliphatic heterocycles. The Hall–Kier alpha value is -3.03. The molecule has 0 aromatic heterocycles. The Morgan fingerprint density at radius 1 is 1.03 bits per heavy atom. The van der Waals surface area contributed by atoms with Crippen molar-refractivity contribution in [3.63, 3.8) is 0 Å². The van der Waals surface area contributed by atoms with Gasteiger partial charge >= 0.3 is 0 Å². The first-order valence-electron chi connectivity index (χ1n) is 9.07. The van der Waals surface area contributed by atoms with Gasteiger partial charge in [-0.3, -0.25) is 9.10 Å². The molecule has 3 aromatic rings. The molecular formula is C22H21ClN2O4S. The maximum absolute atomic E-state index is 13.0. The minimum Gasteiger partial charge on any atom is -0.497 e. The molecule has 0 heterocycles. The van der Waals surface area contributed by atoms with Crippen LogP contribution in [0, 0.1) is 0 Å². The number of carbonyl (C=O) groups is 1. The lowest BCUT2D eigenvalue weighted by molar-refractivity contribution is 0.0950. The highest BCUT2D eigenvalue weighted by Crippen LogP contribution is 2.25. The Balaban J connectivity index is 1.79. The average molecular weight is 445 g/mol. The van der Waals surface area contributed by atoms with E-state index in [0.717, 1.165) is 9.87 Å². The number of anilines is 1. The topological polar surface area (TPSA) is 75.7 Å². The van der Waals surface area contributed by atoms with Gasteiger partial charge in [0.25, 0.3) is 15.9 Å². The Labute approximate surface area is 181 Å². The number of ether oxygens (including phenoxy) is 1. The highest BCUT2D eigenvalue weighted by atomic mass is 35.5. The number of hydrogen-bond acceptors (Lipinski definition) is 4. The van der Waals surface area contributed by atoms with Gasteiger partial charge in [0, 0.05) is 24.2 Å². The fourth-order valence-electron chi connectivity index (χ4n) is 2.81. The summed E-state index contributed by atoms with van der Waals surface area (Å²) in [5, 5.41) is 3.31. The fourth-order valence-corrected chi connectivity index (χ4v) is 4.25. The van der Waals surface area contributed by atoms with Gasteiger partial charge < -0.3 is 10.1 Å². The molecule has 0 aliphatic rings. The monoisotopic (exact) mass is 444 g/mol. The quantitative estimate of drug-likeness (QED) is 0.595. The van der Waals surface area contributed by atoms with E-state index in [2.05, 4.69) is 5.32 Å². The van der Waals surface area contributed by atoms with Gasteiger partial charge in [0.2, 0.25) is 0 Å². The number of sulfonamides is 1. The number of halogens is 1. The lowest BCUT2D eigenvalue weighted by Gasteiger charge is -2.20. The third-order valence-corrected chi connectivity index (χ3v) is 6.74. The van der Waals surface area contributed by atoms with Gasteiger partial charge in [-0.05, 0) is 54.1 Å². The van der Waals surface area contributed by atoms with Gasteiger partial charge in [0.1, 0.15) is 5.75 Å². The Morgan fingerprint density at radius 2 is 1.73 bits per heavy atom.